The van der Waals surface area contributed by atoms with Crippen LogP contribution in [0.3, 0.4) is 0 Å². The number of likely N-dealkylation sites (tertiary alicyclic amines) is 1. The third-order valence-corrected chi connectivity index (χ3v) is 5.42. The lowest BCUT2D eigenvalue weighted by Gasteiger charge is -2.34. The number of guanidine groups is 1. The number of aromatic nitrogens is 3. The second-order valence-corrected chi connectivity index (χ2v) is 7.66. The third-order valence-electron chi connectivity index (χ3n) is 5.42. The van der Waals surface area contributed by atoms with Crippen LogP contribution >= 0.6 is 0 Å². The van der Waals surface area contributed by atoms with Gasteiger partial charge >= 0.3 is 0 Å². The number of piperidine rings is 1. The summed E-state index contributed by atoms with van der Waals surface area (Å²) >= 11 is 0. The molecule has 7 nitrogen and oxygen atoms in total. The van der Waals surface area contributed by atoms with E-state index < -0.39 is 0 Å². The number of hydrogen-bond acceptors (Lipinski definition) is 4. The zero-order chi connectivity index (χ0) is 21.5. The molecule has 2 aromatic heterocycles. The highest BCUT2D eigenvalue weighted by Gasteiger charge is 2.22. The molecule has 0 spiro atoms. The zero-order valence-corrected chi connectivity index (χ0v) is 18.2. The number of para-hydroxylation sites is 1. The number of benzene rings is 1. The van der Waals surface area contributed by atoms with E-state index in [0.717, 1.165) is 61.4 Å². The van der Waals surface area contributed by atoms with Crippen LogP contribution in [-0.4, -0.2) is 51.1 Å². The number of nitrogens with one attached hydrogen (secondary N) is 1. The van der Waals surface area contributed by atoms with Gasteiger partial charge in [-0.1, -0.05) is 24.3 Å². The molecule has 31 heavy (non-hydrogen) atoms. The summed E-state index contributed by atoms with van der Waals surface area (Å²) in [5.41, 5.74) is 1.08. The molecule has 0 radical (unpaired) electrons. The van der Waals surface area contributed by atoms with Gasteiger partial charge in [0.2, 0.25) is 0 Å². The Hall–Kier alpha value is -3.35. The lowest BCUT2D eigenvalue weighted by molar-refractivity contribution is 0.129. The number of ether oxygens (including phenoxy) is 1. The smallest absolute Gasteiger partial charge is 0.194 e. The summed E-state index contributed by atoms with van der Waals surface area (Å²) in [4.78, 5) is 16.0. The Labute approximate surface area is 183 Å². The molecule has 0 amide bonds. The topological polar surface area (TPSA) is 67.6 Å². The van der Waals surface area contributed by atoms with Crippen molar-refractivity contribution >= 4 is 5.96 Å². The number of pyridine rings is 1. The van der Waals surface area contributed by atoms with Crippen molar-refractivity contribution < 1.29 is 4.74 Å². The number of rotatable bonds is 6. The van der Waals surface area contributed by atoms with Gasteiger partial charge in [0.1, 0.15) is 23.5 Å². The first-order chi connectivity index (χ1) is 15.2. The minimum atomic E-state index is 0.255. The van der Waals surface area contributed by atoms with E-state index in [9.17, 15) is 0 Å². The molecule has 3 aromatic rings. The molecule has 7 heteroatoms. The SMILES string of the molecule is CCNC(=NCc1ccc(-n2ccnc2C)nc1)N1CCC(Oc2ccccc2)CC1. The number of nitrogens with zero attached hydrogens (tertiary/aromatic N) is 5. The molecule has 1 aliphatic rings. The van der Waals surface area contributed by atoms with E-state index in [1.165, 1.54) is 0 Å². The minimum Gasteiger partial charge on any atom is -0.490 e. The predicted molar refractivity (Wildman–Crippen MR) is 123 cm³/mol. The third kappa shape index (κ3) is 5.42. The molecule has 1 aliphatic heterocycles. The molecule has 162 valence electrons. The van der Waals surface area contributed by atoms with Gasteiger partial charge < -0.3 is 15.0 Å². The summed E-state index contributed by atoms with van der Waals surface area (Å²) in [6.45, 7) is 7.37. The van der Waals surface area contributed by atoms with Crippen molar-refractivity contribution in [1.82, 2.24) is 24.8 Å². The van der Waals surface area contributed by atoms with E-state index in [2.05, 4.69) is 33.2 Å². The van der Waals surface area contributed by atoms with Crippen molar-refractivity contribution in [2.75, 3.05) is 19.6 Å². The minimum absolute atomic E-state index is 0.255. The Kier molecular flexibility index (Phi) is 6.82. The molecule has 1 fully saturated rings. The Balaban J connectivity index is 1.35. The summed E-state index contributed by atoms with van der Waals surface area (Å²) in [5, 5.41) is 3.43. The van der Waals surface area contributed by atoms with Crippen LogP contribution in [0.1, 0.15) is 31.2 Å². The van der Waals surface area contributed by atoms with Gasteiger partial charge in [-0.3, -0.25) is 4.57 Å². The lowest BCUT2D eigenvalue weighted by atomic mass is 10.1. The first-order valence-corrected chi connectivity index (χ1v) is 10.9. The Morgan fingerprint density at radius 2 is 1.94 bits per heavy atom. The molecule has 1 aromatic carbocycles. The van der Waals surface area contributed by atoms with E-state index >= 15 is 0 Å². The average molecular weight is 419 g/mol. The van der Waals surface area contributed by atoms with Gasteiger partial charge in [0.05, 0.1) is 6.54 Å². The zero-order valence-electron chi connectivity index (χ0n) is 18.2. The van der Waals surface area contributed by atoms with Crippen LogP contribution in [0.2, 0.25) is 0 Å². The number of imidazole rings is 1. The molecule has 1 saturated heterocycles. The van der Waals surface area contributed by atoms with Gasteiger partial charge in [-0.05, 0) is 37.6 Å². The maximum Gasteiger partial charge on any atom is 0.194 e. The lowest BCUT2D eigenvalue weighted by Crippen LogP contribution is -2.47. The summed E-state index contributed by atoms with van der Waals surface area (Å²) in [7, 11) is 0. The fraction of sp³-hybridized carbons (Fsp3) is 0.375. The van der Waals surface area contributed by atoms with Gasteiger partial charge in [-0.25, -0.2) is 15.0 Å². The van der Waals surface area contributed by atoms with Crippen LogP contribution in [0.5, 0.6) is 5.75 Å². The van der Waals surface area contributed by atoms with Gasteiger partial charge in [-0.15, -0.1) is 0 Å². The first kappa shape index (κ1) is 20.9. The van der Waals surface area contributed by atoms with Crippen LogP contribution in [-0.2, 0) is 6.54 Å². The van der Waals surface area contributed by atoms with Crippen molar-refractivity contribution in [1.29, 1.82) is 0 Å². The predicted octanol–water partition coefficient (Wildman–Crippen LogP) is 3.58. The summed E-state index contributed by atoms with van der Waals surface area (Å²) in [5.74, 6) is 3.70. The van der Waals surface area contributed by atoms with E-state index in [4.69, 9.17) is 9.73 Å². The van der Waals surface area contributed by atoms with Gasteiger partial charge in [0.25, 0.3) is 0 Å². The molecule has 0 atom stereocenters. The molecule has 4 rings (SSSR count). The highest BCUT2D eigenvalue weighted by Crippen LogP contribution is 2.19. The van der Waals surface area contributed by atoms with Gasteiger partial charge in [0.15, 0.2) is 5.96 Å². The van der Waals surface area contributed by atoms with Crippen molar-refractivity contribution in [3.63, 3.8) is 0 Å². The van der Waals surface area contributed by atoms with Crippen LogP contribution in [0.4, 0.5) is 0 Å². The van der Waals surface area contributed by atoms with Crippen molar-refractivity contribution in [2.45, 2.75) is 39.3 Å². The van der Waals surface area contributed by atoms with E-state index in [1.54, 1.807) is 6.20 Å². The Morgan fingerprint density at radius 1 is 1.13 bits per heavy atom. The van der Waals surface area contributed by atoms with E-state index in [0.29, 0.717) is 6.54 Å². The van der Waals surface area contributed by atoms with Crippen LogP contribution in [0.25, 0.3) is 5.82 Å². The number of aryl methyl sites for hydroxylation is 1. The van der Waals surface area contributed by atoms with Crippen molar-refractivity contribution in [3.05, 3.63) is 72.4 Å². The second-order valence-electron chi connectivity index (χ2n) is 7.66. The molecule has 0 aliphatic carbocycles. The summed E-state index contributed by atoms with van der Waals surface area (Å²) < 4.78 is 8.09. The van der Waals surface area contributed by atoms with Crippen LogP contribution < -0.4 is 10.1 Å². The fourth-order valence-electron chi connectivity index (χ4n) is 3.74. The Bertz CT molecular complexity index is 975. The molecular formula is C24H30N6O. The highest BCUT2D eigenvalue weighted by molar-refractivity contribution is 5.80. The molecule has 1 N–H and O–H groups in total. The van der Waals surface area contributed by atoms with Crippen molar-refractivity contribution in [2.24, 2.45) is 4.99 Å². The second kappa shape index (κ2) is 10.1. The normalized spacial score (nSPS) is 15.2. The number of aliphatic imine (C=N–C) groups is 1. The standard InChI is InChI=1S/C24H30N6O/c1-3-25-24(29-14-11-22(12-15-29)31-21-7-5-4-6-8-21)28-18-20-9-10-23(27-17-20)30-16-13-26-19(30)2/h4-10,13,16-17,22H,3,11-12,14-15,18H2,1-2H3,(H,25,28). The average Bonchev–Trinajstić information content (AvgIpc) is 3.24. The maximum atomic E-state index is 6.12. The fourth-order valence-corrected chi connectivity index (χ4v) is 3.74. The first-order valence-electron chi connectivity index (χ1n) is 10.9. The monoisotopic (exact) mass is 418 g/mol. The largest absolute Gasteiger partial charge is 0.490 e. The van der Waals surface area contributed by atoms with E-state index in [-0.39, 0.29) is 6.10 Å². The summed E-state index contributed by atoms with van der Waals surface area (Å²) in [6, 6.07) is 14.2. The van der Waals surface area contributed by atoms with Gasteiger partial charge in [0, 0.05) is 51.1 Å². The number of hydrogen-bond donors (Lipinski definition) is 1. The van der Waals surface area contributed by atoms with Crippen LogP contribution in [0.15, 0.2) is 66.0 Å². The highest BCUT2D eigenvalue weighted by atomic mass is 16.5. The molecule has 3 heterocycles. The molecule has 0 unspecified atom stereocenters. The molecule has 0 saturated carbocycles. The van der Waals surface area contributed by atoms with E-state index in [1.807, 2.05) is 60.3 Å². The quantitative estimate of drug-likeness (QED) is 0.490. The Morgan fingerprint density at radius 3 is 2.58 bits per heavy atom. The van der Waals surface area contributed by atoms with Gasteiger partial charge in [-0.2, -0.15) is 0 Å². The molecular weight excluding hydrogens is 388 g/mol. The van der Waals surface area contributed by atoms with Crippen molar-refractivity contribution in [3.8, 4) is 11.6 Å². The van der Waals surface area contributed by atoms with Crippen LogP contribution in [0, 0.1) is 6.92 Å². The molecule has 0 bridgehead atoms. The maximum absolute atomic E-state index is 6.12. The summed E-state index contributed by atoms with van der Waals surface area (Å²) in [6.07, 6.45) is 7.82.